The molecule has 0 bridgehead atoms. The van der Waals surface area contributed by atoms with Crippen molar-refractivity contribution in [1.82, 2.24) is 14.5 Å². The highest BCUT2D eigenvalue weighted by Gasteiger charge is 2.36. The minimum atomic E-state index is -0.0458. The minimum absolute atomic E-state index is 0.0458. The van der Waals surface area contributed by atoms with E-state index >= 15 is 0 Å². The molecule has 1 aliphatic carbocycles. The van der Waals surface area contributed by atoms with Gasteiger partial charge in [0.05, 0.1) is 22.4 Å². The first-order valence-electron chi connectivity index (χ1n) is 11.7. The lowest BCUT2D eigenvalue weighted by atomic mass is 9.83. The zero-order chi connectivity index (χ0) is 22.9. The number of nitrogens with zero attached hydrogens (tertiary/aromatic N) is 3. The molecule has 0 atom stereocenters. The SMILES string of the molecule is CC1(C)c2ccc(-n3c4ccccc4c4cc(-c5ccccn5)ccc43)cc2-c2ncccc21. The van der Waals surface area contributed by atoms with Crippen molar-refractivity contribution < 1.29 is 0 Å². The summed E-state index contributed by atoms with van der Waals surface area (Å²) in [7, 11) is 0. The van der Waals surface area contributed by atoms with Gasteiger partial charge in [-0.2, -0.15) is 0 Å². The van der Waals surface area contributed by atoms with Crippen LogP contribution in [-0.2, 0) is 5.41 Å². The second-order valence-corrected chi connectivity index (χ2v) is 9.55. The largest absolute Gasteiger partial charge is 0.309 e. The summed E-state index contributed by atoms with van der Waals surface area (Å²) in [5.74, 6) is 0. The molecule has 0 fully saturated rings. The van der Waals surface area contributed by atoms with E-state index < -0.39 is 0 Å². The Labute approximate surface area is 198 Å². The molecular weight excluding hydrogens is 414 g/mol. The molecule has 7 rings (SSSR count). The van der Waals surface area contributed by atoms with Crippen LogP contribution in [-0.4, -0.2) is 14.5 Å². The van der Waals surface area contributed by atoms with E-state index in [9.17, 15) is 0 Å². The summed E-state index contributed by atoms with van der Waals surface area (Å²) in [6.45, 7) is 4.58. The highest BCUT2D eigenvalue weighted by atomic mass is 15.0. The molecule has 0 spiro atoms. The molecule has 162 valence electrons. The van der Waals surface area contributed by atoms with Gasteiger partial charge in [0, 0.05) is 45.4 Å². The molecule has 0 amide bonds. The molecule has 6 aromatic rings. The average molecular weight is 438 g/mol. The molecule has 1 aliphatic rings. The number of pyridine rings is 2. The van der Waals surface area contributed by atoms with E-state index in [0.717, 1.165) is 22.6 Å². The number of aromatic nitrogens is 3. The summed E-state index contributed by atoms with van der Waals surface area (Å²) in [5, 5.41) is 2.48. The Morgan fingerprint density at radius 3 is 2.35 bits per heavy atom. The Morgan fingerprint density at radius 1 is 0.647 bits per heavy atom. The highest BCUT2D eigenvalue weighted by Crippen LogP contribution is 2.48. The maximum Gasteiger partial charge on any atom is 0.0746 e. The fraction of sp³-hybridized carbons (Fsp3) is 0.0968. The van der Waals surface area contributed by atoms with Gasteiger partial charge in [-0.1, -0.05) is 56.3 Å². The molecule has 34 heavy (non-hydrogen) atoms. The van der Waals surface area contributed by atoms with Crippen LogP contribution in [0.3, 0.4) is 0 Å². The molecular formula is C31H23N3. The maximum atomic E-state index is 4.77. The predicted octanol–water partition coefficient (Wildman–Crippen LogP) is 7.55. The third kappa shape index (κ3) is 2.58. The fourth-order valence-corrected chi connectivity index (χ4v) is 5.63. The smallest absolute Gasteiger partial charge is 0.0746 e. The number of hydrogen-bond acceptors (Lipinski definition) is 2. The summed E-state index contributed by atoms with van der Waals surface area (Å²) in [4.78, 5) is 9.33. The Bertz CT molecular complexity index is 1730. The van der Waals surface area contributed by atoms with Crippen molar-refractivity contribution in [2.75, 3.05) is 0 Å². The van der Waals surface area contributed by atoms with Crippen LogP contribution in [0.15, 0.2) is 103 Å². The van der Waals surface area contributed by atoms with E-state index in [1.807, 2.05) is 30.6 Å². The maximum absolute atomic E-state index is 4.77. The zero-order valence-corrected chi connectivity index (χ0v) is 19.2. The number of rotatable bonds is 2. The van der Waals surface area contributed by atoms with Crippen LogP contribution in [0.1, 0.15) is 25.0 Å². The van der Waals surface area contributed by atoms with Crippen LogP contribution in [0.25, 0.3) is 50.0 Å². The van der Waals surface area contributed by atoms with Crippen molar-refractivity contribution in [3.63, 3.8) is 0 Å². The summed E-state index contributed by atoms with van der Waals surface area (Å²) in [6, 6.07) is 32.5. The normalized spacial score (nSPS) is 13.8. The summed E-state index contributed by atoms with van der Waals surface area (Å²) >= 11 is 0. The van der Waals surface area contributed by atoms with Crippen LogP contribution >= 0.6 is 0 Å². The molecule has 3 aromatic carbocycles. The van der Waals surface area contributed by atoms with Crippen LogP contribution < -0.4 is 0 Å². The van der Waals surface area contributed by atoms with Gasteiger partial charge in [0.15, 0.2) is 0 Å². The lowest BCUT2D eigenvalue weighted by Crippen LogP contribution is -2.15. The number of hydrogen-bond donors (Lipinski definition) is 0. The minimum Gasteiger partial charge on any atom is -0.309 e. The van der Waals surface area contributed by atoms with Crippen molar-refractivity contribution in [2.45, 2.75) is 19.3 Å². The van der Waals surface area contributed by atoms with Gasteiger partial charge in [0.2, 0.25) is 0 Å². The van der Waals surface area contributed by atoms with E-state index in [4.69, 9.17) is 4.98 Å². The molecule has 0 N–H and O–H groups in total. The van der Waals surface area contributed by atoms with Gasteiger partial charge in [-0.3, -0.25) is 9.97 Å². The third-order valence-corrected chi connectivity index (χ3v) is 7.30. The molecule has 3 heterocycles. The number of para-hydroxylation sites is 1. The molecule has 0 radical (unpaired) electrons. The van der Waals surface area contributed by atoms with E-state index in [-0.39, 0.29) is 5.41 Å². The van der Waals surface area contributed by atoms with E-state index in [0.29, 0.717) is 0 Å². The Morgan fingerprint density at radius 2 is 1.47 bits per heavy atom. The first-order chi connectivity index (χ1) is 16.6. The van der Waals surface area contributed by atoms with Crippen LogP contribution in [0.4, 0.5) is 0 Å². The lowest BCUT2D eigenvalue weighted by Gasteiger charge is -2.21. The van der Waals surface area contributed by atoms with Crippen LogP contribution in [0, 0.1) is 0 Å². The van der Waals surface area contributed by atoms with Crippen LogP contribution in [0.5, 0.6) is 0 Å². The molecule has 0 saturated heterocycles. The molecule has 0 saturated carbocycles. The predicted molar refractivity (Wildman–Crippen MR) is 139 cm³/mol. The topological polar surface area (TPSA) is 30.7 Å². The van der Waals surface area contributed by atoms with Crippen molar-refractivity contribution >= 4 is 21.8 Å². The number of benzene rings is 3. The van der Waals surface area contributed by atoms with Gasteiger partial charge in [0.25, 0.3) is 0 Å². The van der Waals surface area contributed by atoms with E-state index in [2.05, 4.69) is 96.2 Å². The molecule has 3 nitrogen and oxygen atoms in total. The van der Waals surface area contributed by atoms with Crippen molar-refractivity contribution in [3.8, 4) is 28.2 Å². The van der Waals surface area contributed by atoms with E-state index in [1.165, 1.54) is 38.5 Å². The summed E-state index contributed by atoms with van der Waals surface area (Å²) in [6.07, 6.45) is 3.75. The van der Waals surface area contributed by atoms with Crippen molar-refractivity contribution in [1.29, 1.82) is 0 Å². The summed E-state index contributed by atoms with van der Waals surface area (Å²) < 4.78 is 2.38. The Kier molecular flexibility index (Phi) is 3.89. The van der Waals surface area contributed by atoms with Gasteiger partial charge in [-0.05, 0) is 59.7 Å². The van der Waals surface area contributed by atoms with Crippen molar-refractivity contribution in [3.05, 3.63) is 115 Å². The highest BCUT2D eigenvalue weighted by molar-refractivity contribution is 6.10. The first-order valence-corrected chi connectivity index (χ1v) is 11.7. The third-order valence-electron chi connectivity index (χ3n) is 7.30. The van der Waals surface area contributed by atoms with Gasteiger partial charge >= 0.3 is 0 Å². The fourth-order valence-electron chi connectivity index (χ4n) is 5.63. The van der Waals surface area contributed by atoms with E-state index in [1.54, 1.807) is 0 Å². The zero-order valence-electron chi connectivity index (χ0n) is 19.2. The Balaban J connectivity index is 1.50. The second kappa shape index (κ2) is 6.88. The Hall–Kier alpha value is -4.24. The average Bonchev–Trinajstić information content (AvgIpc) is 3.33. The second-order valence-electron chi connectivity index (χ2n) is 9.55. The number of fused-ring (bicyclic) bond motifs is 6. The molecule has 0 unspecified atom stereocenters. The van der Waals surface area contributed by atoms with Gasteiger partial charge < -0.3 is 4.57 Å². The van der Waals surface area contributed by atoms with Gasteiger partial charge in [-0.15, -0.1) is 0 Å². The standard InChI is InChI=1S/C31H23N3/c1-31(2)25-14-13-21(19-24(25)30-26(31)9-7-17-33-30)34-28-11-4-3-8-22(28)23-18-20(12-15-29(23)34)27-10-5-6-16-32-27/h3-19H,1-2H3. The summed E-state index contributed by atoms with van der Waals surface area (Å²) in [5.41, 5.74) is 10.6. The molecule has 3 heteroatoms. The van der Waals surface area contributed by atoms with Gasteiger partial charge in [0.1, 0.15) is 0 Å². The molecule has 3 aromatic heterocycles. The monoisotopic (exact) mass is 437 g/mol. The lowest BCUT2D eigenvalue weighted by molar-refractivity contribution is 0.659. The van der Waals surface area contributed by atoms with Gasteiger partial charge in [-0.25, -0.2) is 0 Å². The van der Waals surface area contributed by atoms with Crippen LogP contribution in [0.2, 0.25) is 0 Å². The van der Waals surface area contributed by atoms with Crippen molar-refractivity contribution in [2.24, 2.45) is 0 Å². The molecule has 0 aliphatic heterocycles. The first kappa shape index (κ1) is 19.2. The quantitative estimate of drug-likeness (QED) is 0.280.